The topological polar surface area (TPSA) is 66.6 Å². The molecule has 5 rings (SSSR count). The maximum atomic E-state index is 13.5. The van der Waals surface area contributed by atoms with Gasteiger partial charge in [0.1, 0.15) is 11.5 Å². The Morgan fingerprint density at radius 1 is 1.06 bits per heavy atom. The number of aryl methyl sites for hydroxylation is 1. The van der Waals surface area contributed by atoms with Gasteiger partial charge in [0.05, 0.1) is 19.8 Å². The molecule has 0 radical (unpaired) electrons. The van der Waals surface area contributed by atoms with Gasteiger partial charge in [-0.05, 0) is 73.9 Å². The van der Waals surface area contributed by atoms with Gasteiger partial charge in [0.15, 0.2) is 0 Å². The maximum absolute atomic E-state index is 13.5. The molecule has 1 aromatic heterocycles. The van der Waals surface area contributed by atoms with Gasteiger partial charge in [0.25, 0.3) is 0 Å². The number of hydrogen-bond donors (Lipinski definition) is 2. The van der Waals surface area contributed by atoms with E-state index in [0.29, 0.717) is 13.2 Å². The molecule has 6 heteroatoms. The number of aromatic amines is 1. The highest BCUT2D eigenvalue weighted by molar-refractivity contribution is 5.92. The zero-order chi connectivity index (χ0) is 23.7. The molecular formula is C28H29N3O3. The molecule has 2 N–H and O–H groups in total. The van der Waals surface area contributed by atoms with Crippen LogP contribution in [0.5, 0.6) is 11.5 Å². The van der Waals surface area contributed by atoms with Gasteiger partial charge in [-0.25, -0.2) is 4.79 Å². The van der Waals surface area contributed by atoms with E-state index in [0.717, 1.165) is 45.8 Å². The lowest BCUT2D eigenvalue weighted by molar-refractivity contribution is 0.193. The number of rotatable bonds is 5. The second-order valence-electron chi connectivity index (χ2n) is 8.57. The average Bonchev–Trinajstić information content (AvgIpc) is 3.23. The fraction of sp³-hybridized carbons (Fsp3) is 0.250. The number of ether oxygens (including phenoxy) is 2. The van der Waals surface area contributed by atoms with Crippen molar-refractivity contribution in [1.82, 2.24) is 9.88 Å². The Bertz CT molecular complexity index is 1310. The second kappa shape index (κ2) is 9.14. The van der Waals surface area contributed by atoms with Crippen LogP contribution in [-0.2, 0) is 6.42 Å². The predicted octanol–water partition coefficient (Wildman–Crippen LogP) is 6.06. The summed E-state index contributed by atoms with van der Waals surface area (Å²) in [5.41, 5.74) is 6.35. The predicted molar refractivity (Wildman–Crippen MR) is 135 cm³/mol. The van der Waals surface area contributed by atoms with E-state index in [1.807, 2.05) is 48.2 Å². The van der Waals surface area contributed by atoms with Crippen LogP contribution in [0, 0.1) is 6.92 Å². The number of anilines is 1. The van der Waals surface area contributed by atoms with Crippen LogP contribution in [0.2, 0.25) is 0 Å². The van der Waals surface area contributed by atoms with Crippen LogP contribution in [0.1, 0.15) is 35.3 Å². The third kappa shape index (κ3) is 4.07. The van der Waals surface area contributed by atoms with E-state index in [1.165, 1.54) is 11.1 Å². The SMILES string of the molecule is CCOc1ccc(NC(=O)N2CCc3c([nH]c4ccc(OC)cc34)[C@@H]2c2ccc(C)cc2)cc1. The number of carbonyl (C=O) groups excluding carboxylic acids is 1. The van der Waals surface area contributed by atoms with Crippen molar-refractivity contribution in [2.75, 3.05) is 25.6 Å². The molecule has 1 atom stereocenters. The molecule has 0 saturated heterocycles. The standard InChI is InChI=1S/C28H29N3O3/c1-4-34-21-11-9-20(10-12-21)29-28(32)31-16-15-23-24-17-22(33-3)13-14-25(24)30-26(23)27(31)19-7-5-18(2)6-8-19/h5-14,17,27,30H,4,15-16H2,1-3H3,(H,29,32)/t27-/m0/s1. The molecule has 4 aromatic rings. The van der Waals surface area contributed by atoms with Crippen molar-refractivity contribution in [3.8, 4) is 11.5 Å². The largest absolute Gasteiger partial charge is 0.497 e. The van der Waals surface area contributed by atoms with Crippen LogP contribution < -0.4 is 14.8 Å². The molecule has 3 aromatic carbocycles. The van der Waals surface area contributed by atoms with Gasteiger partial charge < -0.3 is 24.7 Å². The first-order chi connectivity index (χ1) is 16.6. The van der Waals surface area contributed by atoms with Gasteiger partial charge >= 0.3 is 6.03 Å². The lowest BCUT2D eigenvalue weighted by Crippen LogP contribution is -2.43. The molecule has 0 fully saturated rings. The van der Waals surface area contributed by atoms with Crippen LogP contribution in [0.3, 0.4) is 0 Å². The number of benzene rings is 3. The van der Waals surface area contributed by atoms with Gasteiger partial charge in [-0.2, -0.15) is 0 Å². The summed E-state index contributed by atoms with van der Waals surface area (Å²) in [6.45, 7) is 5.24. The molecule has 2 heterocycles. The molecule has 34 heavy (non-hydrogen) atoms. The number of hydrogen-bond acceptors (Lipinski definition) is 3. The summed E-state index contributed by atoms with van der Waals surface area (Å²) in [5, 5.41) is 4.22. The van der Waals surface area contributed by atoms with Crippen LogP contribution in [0.15, 0.2) is 66.7 Å². The van der Waals surface area contributed by atoms with Crippen molar-refractivity contribution >= 4 is 22.6 Å². The zero-order valence-corrected chi connectivity index (χ0v) is 19.7. The highest BCUT2D eigenvalue weighted by Gasteiger charge is 2.34. The Labute approximate surface area is 199 Å². The monoisotopic (exact) mass is 455 g/mol. The van der Waals surface area contributed by atoms with E-state index in [9.17, 15) is 4.79 Å². The van der Waals surface area contributed by atoms with Crippen molar-refractivity contribution < 1.29 is 14.3 Å². The number of methoxy groups -OCH3 is 1. The van der Waals surface area contributed by atoms with Crippen LogP contribution in [0.25, 0.3) is 10.9 Å². The molecule has 0 unspecified atom stereocenters. The second-order valence-corrected chi connectivity index (χ2v) is 8.57. The minimum Gasteiger partial charge on any atom is -0.497 e. The van der Waals surface area contributed by atoms with Crippen LogP contribution >= 0.6 is 0 Å². The summed E-state index contributed by atoms with van der Waals surface area (Å²) in [5.74, 6) is 1.62. The minimum absolute atomic E-state index is 0.128. The van der Waals surface area contributed by atoms with Crippen LogP contribution in [-0.4, -0.2) is 36.2 Å². The molecular weight excluding hydrogens is 426 g/mol. The number of amides is 2. The maximum Gasteiger partial charge on any atom is 0.322 e. The zero-order valence-electron chi connectivity index (χ0n) is 19.7. The molecule has 0 spiro atoms. The fourth-order valence-electron chi connectivity index (χ4n) is 4.71. The highest BCUT2D eigenvalue weighted by atomic mass is 16.5. The van der Waals surface area contributed by atoms with Crippen molar-refractivity contribution in [3.63, 3.8) is 0 Å². The van der Waals surface area contributed by atoms with E-state index in [4.69, 9.17) is 9.47 Å². The summed E-state index contributed by atoms with van der Waals surface area (Å²) in [6.07, 6.45) is 0.765. The number of nitrogens with zero attached hydrogens (tertiary/aromatic N) is 1. The van der Waals surface area contributed by atoms with Gasteiger partial charge in [0, 0.05) is 28.8 Å². The van der Waals surface area contributed by atoms with E-state index in [1.54, 1.807) is 7.11 Å². The summed E-state index contributed by atoms with van der Waals surface area (Å²) < 4.78 is 11.0. The van der Waals surface area contributed by atoms with E-state index >= 15 is 0 Å². The molecule has 6 nitrogen and oxygen atoms in total. The van der Waals surface area contributed by atoms with E-state index in [2.05, 4.69) is 47.6 Å². The molecule has 2 amide bonds. The van der Waals surface area contributed by atoms with Gasteiger partial charge in [-0.15, -0.1) is 0 Å². The number of nitrogens with one attached hydrogen (secondary N) is 2. The Hall–Kier alpha value is -3.93. The van der Waals surface area contributed by atoms with E-state index in [-0.39, 0.29) is 12.1 Å². The molecule has 0 saturated carbocycles. The molecule has 1 aliphatic rings. The quantitative estimate of drug-likeness (QED) is 0.384. The molecule has 0 bridgehead atoms. The normalized spacial score (nSPS) is 15.1. The Morgan fingerprint density at radius 2 is 1.79 bits per heavy atom. The average molecular weight is 456 g/mol. The Morgan fingerprint density at radius 3 is 2.50 bits per heavy atom. The molecule has 0 aliphatic carbocycles. The fourth-order valence-corrected chi connectivity index (χ4v) is 4.71. The van der Waals surface area contributed by atoms with Crippen molar-refractivity contribution in [3.05, 3.63) is 89.1 Å². The first-order valence-electron chi connectivity index (χ1n) is 11.6. The first kappa shape index (κ1) is 21.9. The summed E-state index contributed by atoms with van der Waals surface area (Å²) in [6, 6.07) is 21.6. The van der Waals surface area contributed by atoms with Gasteiger partial charge in [0.2, 0.25) is 0 Å². The molecule has 1 aliphatic heterocycles. The van der Waals surface area contributed by atoms with Gasteiger partial charge in [-0.3, -0.25) is 0 Å². The van der Waals surface area contributed by atoms with Crippen molar-refractivity contribution in [1.29, 1.82) is 0 Å². The third-order valence-electron chi connectivity index (χ3n) is 6.40. The highest BCUT2D eigenvalue weighted by Crippen LogP contribution is 2.39. The number of H-pyrrole nitrogens is 1. The van der Waals surface area contributed by atoms with Crippen LogP contribution in [0.4, 0.5) is 10.5 Å². The third-order valence-corrected chi connectivity index (χ3v) is 6.40. The Balaban J connectivity index is 1.52. The smallest absolute Gasteiger partial charge is 0.322 e. The molecule has 174 valence electrons. The number of fused-ring (bicyclic) bond motifs is 3. The lowest BCUT2D eigenvalue weighted by Gasteiger charge is -2.36. The summed E-state index contributed by atoms with van der Waals surface area (Å²) >= 11 is 0. The van der Waals surface area contributed by atoms with Crippen molar-refractivity contribution in [2.24, 2.45) is 0 Å². The lowest BCUT2D eigenvalue weighted by atomic mass is 9.92. The summed E-state index contributed by atoms with van der Waals surface area (Å²) in [4.78, 5) is 19.0. The Kier molecular flexibility index (Phi) is 5.88. The number of aromatic nitrogens is 1. The van der Waals surface area contributed by atoms with Crippen molar-refractivity contribution in [2.45, 2.75) is 26.3 Å². The van der Waals surface area contributed by atoms with E-state index < -0.39 is 0 Å². The number of carbonyl (C=O) groups is 1. The minimum atomic E-state index is -0.217. The summed E-state index contributed by atoms with van der Waals surface area (Å²) in [7, 11) is 1.68. The number of urea groups is 1. The van der Waals surface area contributed by atoms with Gasteiger partial charge in [-0.1, -0.05) is 29.8 Å². The first-order valence-corrected chi connectivity index (χ1v) is 11.6.